The van der Waals surface area contributed by atoms with E-state index in [4.69, 9.17) is 9.72 Å². The van der Waals surface area contributed by atoms with Crippen LogP contribution in [0.5, 0.6) is 5.75 Å². The first-order valence-corrected chi connectivity index (χ1v) is 15.4. The zero-order chi connectivity index (χ0) is 31.7. The summed E-state index contributed by atoms with van der Waals surface area (Å²) in [6.45, 7) is 8.46. The number of piperidine rings is 1. The number of carbonyl (C=O) groups excluding carboxylic acids is 3. The SMILES string of the molecule is CC(=O)CCN1CCC(N2Cc3cc4nc(-c5c(NCC(=O)COc6ccc(C)cc6C)cc[nH]c5=O)[nH]c4cc3C2=O)CC1. The molecule has 2 aliphatic heterocycles. The third-order valence-electron chi connectivity index (χ3n) is 8.71. The molecule has 45 heavy (non-hydrogen) atoms. The Hall–Kier alpha value is -4.77. The van der Waals surface area contributed by atoms with E-state index in [0.29, 0.717) is 46.8 Å². The average molecular weight is 611 g/mol. The number of nitrogens with zero attached hydrogens (tertiary/aromatic N) is 3. The summed E-state index contributed by atoms with van der Waals surface area (Å²) in [4.78, 5) is 65.3. The molecule has 1 saturated heterocycles. The number of imidazole rings is 1. The molecule has 0 atom stereocenters. The van der Waals surface area contributed by atoms with Gasteiger partial charge in [0.15, 0.2) is 5.78 Å². The number of Topliss-reactive ketones (excluding diaryl/α,β-unsaturated/α-hetero) is 2. The number of likely N-dealkylation sites (tertiary alicyclic amines) is 1. The third kappa shape index (κ3) is 6.53. The van der Waals surface area contributed by atoms with Crippen molar-refractivity contribution in [1.82, 2.24) is 24.8 Å². The van der Waals surface area contributed by atoms with Crippen molar-refractivity contribution in [2.75, 3.05) is 38.1 Å². The number of nitrogens with one attached hydrogen (secondary N) is 3. The second-order valence-corrected chi connectivity index (χ2v) is 12.1. The van der Waals surface area contributed by atoms with Crippen LogP contribution in [0.1, 0.15) is 53.2 Å². The summed E-state index contributed by atoms with van der Waals surface area (Å²) in [5.41, 5.74) is 5.33. The van der Waals surface area contributed by atoms with E-state index in [9.17, 15) is 19.2 Å². The zero-order valence-electron chi connectivity index (χ0n) is 25.9. The standard InChI is InChI=1S/C34H38N6O5/c1-20-4-5-30(21(2)14-20)45-19-25(42)17-36-27-6-10-35-33(43)31(27)32-37-28-15-23-18-40(34(44)26(23)16-29(28)38-32)24-8-12-39(13-9-24)11-7-22(3)41/h4-6,10,14-16,24H,7-9,11-13,17-19H2,1-3H3,(H,37,38)(H2,35,36,43). The molecule has 0 radical (unpaired) electrons. The van der Waals surface area contributed by atoms with Gasteiger partial charge in [0.1, 0.15) is 29.5 Å². The Morgan fingerprint density at radius 3 is 2.64 bits per heavy atom. The van der Waals surface area contributed by atoms with Gasteiger partial charge in [0.2, 0.25) is 0 Å². The van der Waals surface area contributed by atoms with Crippen molar-refractivity contribution in [3.8, 4) is 17.1 Å². The second-order valence-electron chi connectivity index (χ2n) is 12.1. The van der Waals surface area contributed by atoms with E-state index < -0.39 is 0 Å². The van der Waals surface area contributed by atoms with Gasteiger partial charge in [0.25, 0.3) is 11.5 Å². The quantitative estimate of drug-likeness (QED) is 0.232. The average Bonchev–Trinajstić information content (AvgIpc) is 3.57. The number of anilines is 1. The van der Waals surface area contributed by atoms with Gasteiger partial charge in [-0.2, -0.15) is 0 Å². The van der Waals surface area contributed by atoms with E-state index >= 15 is 0 Å². The molecule has 234 valence electrons. The third-order valence-corrected chi connectivity index (χ3v) is 8.71. The highest BCUT2D eigenvalue weighted by molar-refractivity contribution is 6.02. The van der Waals surface area contributed by atoms with E-state index in [1.165, 1.54) is 6.20 Å². The summed E-state index contributed by atoms with van der Waals surface area (Å²) >= 11 is 0. The Labute approximate surface area is 261 Å². The Morgan fingerprint density at radius 2 is 1.89 bits per heavy atom. The van der Waals surface area contributed by atoms with Crippen LogP contribution in [0.25, 0.3) is 22.4 Å². The molecule has 0 saturated carbocycles. The molecular weight excluding hydrogens is 572 g/mol. The number of aromatic nitrogens is 3. The Bertz CT molecular complexity index is 1830. The van der Waals surface area contributed by atoms with Crippen molar-refractivity contribution >= 4 is 34.2 Å². The van der Waals surface area contributed by atoms with Gasteiger partial charge >= 0.3 is 0 Å². The number of H-pyrrole nitrogens is 2. The summed E-state index contributed by atoms with van der Waals surface area (Å²) in [5, 5.41) is 3.08. The fraction of sp³-hybridized carbons (Fsp3) is 0.382. The molecule has 6 rings (SSSR count). The number of hydrogen-bond donors (Lipinski definition) is 3. The number of benzene rings is 2. The number of aryl methyl sites for hydroxylation is 2. The van der Waals surface area contributed by atoms with Crippen LogP contribution in [0.4, 0.5) is 5.69 Å². The number of pyridine rings is 1. The molecule has 0 unspecified atom stereocenters. The van der Waals surface area contributed by atoms with Crippen LogP contribution in [0.2, 0.25) is 0 Å². The van der Waals surface area contributed by atoms with Crippen LogP contribution in [-0.2, 0) is 16.1 Å². The first-order valence-electron chi connectivity index (χ1n) is 15.4. The lowest BCUT2D eigenvalue weighted by atomic mass is 10.0. The maximum absolute atomic E-state index is 13.5. The lowest BCUT2D eigenvalue weighted by Gasteiger charge is -2.36. The predicted octanol–water partition coefficient (Wildman–Crippen LogP) is 3.99. The molecule has 0 aliphatic carbocycles. The Morgan fingerprint density at radius 1 is 1.09 bits per heavy atom. The number of hydrogen-bond acceptors (Lipinski definition) is 8. The molecule has 1 amide bonds. The molecule has 11 heteroatoms. The second kappa shape index (κ2) is 12.7. The molecule has 0 bridgehead atoms. The normalized spacial score (nSPS) is 15.4. The number of ether oxygens (including phenoxy) is 1. The van der Waals surface area contributed by atoms with Crippen molar-refractivity contribution in [2.45, 2.75) is 52.6 Å². The number of amides is 1. The smallest absolute Gasteiger partial charge is 0.261 e. The van der Waals surface area contributed by atoms with Crippen molar-refractivity contribution in [3.63, 3.8) is 0 Å². The monoisotopic (exact) mass is 610 g/mol. The fourth-order valence-electron chi connectivity index (χ4n) is 6.25. The van der Waals surface area contributed by atoms with E-state index in [1.54, 1.807) is 13.0 Å². The summed E-state index contributed by atoms with van der Waals surface area (Å²) in [5.74, 6) is 1.04. The summed E-state index contributed by atoms with van der Waals surface area (Å²) in [6, 6.07) is 11.4. The fourth-order valence-corrected chi connectivity index (χ4v) is 6.25. The minimum Gasteiger partial charge on any atom is -0.485 e. The molecule has 0 spiro atoms. The van der Waals surface area contributed by atoms with Gasteiger partial charge in [-0.15, -0.1) is 0 Å². The van der Waals surface area contributed by atoms with Crippen LogP contribution in [0.15, 0.2) is 47.4 Å². The van der Waals surface area contributed by atoms with Crippen LogP contribution in [-0.4, -0.2) is 81.1 Å². The van der Waals surface area contributed by atoms with E-state index in [2.05, 4.69) is 20.2 Å². The first kappa shape index (κ1) is 30.3. The largest absolute Gasteiger partial charge is 0.485 e. The minimum atomic E-state index is -0.359. The predicted molar refractivity (Wildman–Crippen MR) is 172 cm³/mol. The topological polar surface area (TPSA) is 140 Å². The van der Waals surface area contributed by atoms with Gasteiger partial charge in [-0.25, -0.2) is 4.98 Å². The van der Waals surface area contributed by atoms with Crippen molar-refractivity contribution < 1.29 is 19.1 Å². The molecular formula is C34H38N6O5. The highest BCUT2D eigenvalue weighted by Crippen LogP contribution is 2.33. The molecule has 2 aromatic carbocycles. The van der Waals surface area contributed by atoms with Crippen LogP contribution >= 0.6 is 0 Å². The number of carbonyl (C=O) groups is 3. The maximum atomic E-state index is 13.5. The van der Waals surface area contributed by atoms with Crippen LogP contribution in [0, 0.1) is 13.8 Å². The molecule has 2 aliphatic rings. The van der Waals surface area contributed by atoms with Crippen LogP contribution in [0.3, 0.4) is 0 Å². The summed E-state index contributed by atoms with van der Waals surface area (Å²) in [7, 11) is 0. The van der Waals surface area contributed by atoms with Crippen molar-refractivity contribution in [3.05, 3.63) is 75.2 Å². The summed E-state index contributed by atoms with van der Waals surface area (Å²) < 4.78 is 5.72. The van der Waals surface area contributed by atoms with Gasteiger partial charge < -0.3 is 29.8 Å². The zero-order valence-corrected chi connectivity index (χ0v) is 25.9. The number of rotatable bonds is 11. The van der Waals surface area contributed by atoms with Gasteiger partial charge in [-0.3, -0.25) is 19.2 Å². The maximum Gasteiger partial charge on any atom is 0.261 e. The first-order chi connectivity index (χ1) is 21.7. The molecule has 3 N–H and O–H groups in total. The van der Waals surface area contributed by atoms with E-state index in [0.717, 1.165) is 49.2 Å². The minimum absolute atomic E-state index is 0.00622. The van der Waals surface area contributed by atoms with Crippen molar-refractivity contribution in [1.29, 1.82) is 0 Å². The van der Waals surface area contributed by atoms with Gasteiger partial charge in [0.05, 0.1) is 23.3 Å². The van der Waals surface area contributed by atoms with E-state index in [1.807, 2.05) is 49.1 Å². The molecule has 1 fully saturated rings. The Balaban J connectivity index is 1.13. The Kier molecular flexibility index (Phi) is 8.53. The highest BCUT2D eigenvalue weighted by atomic mass is 16.5. The lowest BCUT2D eigenvalue weighted by Crippen LogP contribution is -2.45. The van der Waals surface area contributed by atoms with Gasteiger partial charge in [0, 0.05) is 50.4 Å². The molecule has 11 nitrogen and oxygen atoms in total. The van der Waals surface area contributed by atoms with E-state index in [-0.39, 0.29) is 47.8 Å². The summed E-state index contributed by atoms with van der Waals surface area (Å²) in [6.07, 6.45) is 3.84. The number of fused-ring (bicyclic) bond motifs is 2. The van der Waals surface area contributed by atoms with Gasteiger partial charge in [-0.05, 0) is 69.0 Å². The number of aromatic amines is 2. The molecule has 4 heterocycles. The number of ketones is 2. The lowest BCUT2D eigenvalue weighted by molar-refractivity contribution is -0.119. The van der Waals surface area contributed by atoms with Gasteiger partial charge in [-0.1, -0.05) is 17.7 Å². The molecule has 4 aromatic rings. The molecule has 2 aromatic heterocycles. The highest BCUT2D eigenvalue weighted by Gasteiger charge is 2.35. The van der Waals surface area contributed by atoms with Crippen molar-refractivity contribution in [2.24, 2.45) is 0 Å². The van der Waals surface area contributed by atoms with Crippen LogP contribution < -0.4 is 15.6 Å².